The topological polar surface area (TPSA) is 208 Å². The third kappa shape index (κ3) is 51.1. The zero-order valence-electron chi connectivity index (χ0n) is 30.8. The van der Waals surface area contributed by atoms with Crippen LogP contribution >= 0.6 is 48.8 Å². The molecule has 0 aliphatic carbocycles. The molecule has 0 saturated carbocycles. The lowest BCUT2D eigenvalue weighted by Crippen LogP contribution is -2.20. The molecule has 2 aliphatic rings. The number of esters is 4. The molecule has 2 fully saturated rings. The predicted octanol–water partition coefficient (Wildman–Crippen LogP) is 1.11. The first-order chi connectivity index (χ1) is 24.9. The molecule has 2 rings (SSSR count). The maximum atomic E-state index is 10.6. The Labute approximate surface area is 327 Å². The molecule has 0 amide bonds. The van der Waals surface area contributed by atoms with E-state index in [1.165, 1.54) is 51.2 Å². The average Bonchev–Trinajstić information content (AvgIpc) is 4.03. The summed E-state index contributed by atoms with van der Waals surface area (Å²) in [5, 5.41) is 19.1. The van der Waals surface area contributed by atoms with Gasteiger partial charge in [0.05, 0.1) is 78.3 Å². The minimum atomic E-state index is -0.655. The summed E-state index contributed by atoms with van der Waals surface area (Å²) >= 11 is 11.0. The highest BCUT2D eigenvalue weighted by atomic mass is 32.2. The normalized spacial score (nSPS) is 16.2. The van der Waals surface area contributed by atoms with E-state index in [1.54, 1.807) is 0 Å². The first kappa shape index (κ1) is 53.1. The van der Waals surface area contributed by atoms with E-state index in [1.807, 2.05) is 0 Å². The number of thiol groups is 2. The Bertz CT molecular complexity index is 800. The first-order valence-corrected chi connectivity index (χ1v) is 20.3. The number of hydrogen-bond acceptors (Lipinski definition) is 20. The molecule has 0 bridgehead atoms. The Morgan fingerprint density at radius 2 is 0.885 bits per heavy atom. The van der Waals surface area contributed by atoms with Gasteiger partial charge in [-0.15, -0.1) is 0 Å². The van der Waals surface area contributed by atoms with E-state index in [2.05, 4.69) is 34.7 Å². The van der Waals surface area contributed by atoms with Crippen LogP contribution in [0.3, 0.4) is 0 Å². The fraction of sp³-hybridized carbons (Fsp3) is 0.875. The van der Waals surface area contributed by atoms with Crippen LogP contribution in [0.4, 0.5) is 0 Å². The number of carbonyl (C=O) groups excluding carboxylic acids is 4. The Kier molecular flexibility index (Phi) is 40.5. The van der Waals surface area contributed by atoms with Crippen LogP contribution in [0, 0.1) is 0 Å². The molecule has 2 saturated heterocycles. The molecule has 0 aromatic heterocycles. The number of aliphatic hydroxyl groups excluding tert-OH is 2. The van der Waals surface area contributed by atoms with Gasteiger partial charge in [-0.1, -0.05) is 0 Å². The van der Waals surface area contributed by atoms with Crippen LogP contribution in [0.25, 0.3) is 0 Å². The molecule has 2 N–H and O–H groups in total. The number of thioether (sulfide) groups is 2. The second-order valence-electron chi connectivity index (χ2n) is 10.5. The summed E-state index contributed by atoms with van der Waals surface area (Å²) in [5.41, 5.74) is 0. The highest BCUT2D eigenvalue weighted by molar-refractivity contribution is 7.99. The van der Waals surface area contributed by atoms with Crippen molar-refractivity contribution >= 4 is 72.7 Å². The molecule has 0 aromatic rings. The third-order valence-corrected chi connectivity index (χ3v) is 7.80. The van der Waals surface area contributed by atoms with Gasteiger partial charge in [0.15, 0.2) is 0 Å². The fourth-order valence-electron chi connectivity index (χ4n) is 2.72. The highest BCUT2D eigenvalue weighted by Gasteiger charge is 2.23. The maximum absolute atomic E-state index is 10.6. The summed E-state index contributed by atoms with van der Waals surface area (Å²) in [6, 6.07) is 0. The molecular weight excluding hydrogens is 769 g/mol. The first-order valence-electron chi connectivity index (χ1n) is 16.7. The van der Waals surface area contributed by atoms with Crippen LogP contribution < -0.4 is 0 Å². The number of carbonyl (C=O) groups is 4. The van der Waals surface area contributed by atoms with Crippen LogP contribution in [0.1, 0.15) is 27.7 Å². The second kappa shape index (κ2) is 39.6. The number of hydrogen-bond donors (Lipinski definition) is 4. The molecule has 2 aliphatic heterocycles. The quantitative estimate of drug-likeness (QED) is 0.0287. The van der Waals surface area contributed by atoms with Gasteiger partial charge in [-0.2, -0.15) is 48.8 Å². The molecular formula is C32H60O16S4. The molecule has 308 valence electrons. The monoisotopic (exact) mass is 828 g/mol. The van der Waals surface area contributed by atoms with Crippen LogP contribution in [-0.2, 0) is 66.5 Å². The Balaban J connectivity index is 0. The van der Waals surface area contributed by atoms with Gasteiger partial charge in [-0.25, -0.2) is 0 Å². The Morgan fingerprint density at radius 3 is 1.15 bits per heavy atom. The summed E-state index contributed by atoms with van der Waals surface area (Å²) in [6.45, 7) is 12.6. The number of rotatable bonds is 28. The van der Waals surface area contributed by atoms with Crippen molar-refractivity contribution in [3.8, 4) is 0 Å². The summed E-state index contributed by atoms with van der Waals surface area (Å²) < 4.78 is 49.2. The molecule has 0 spiro atoms. The molecule has 0 aromatic carbocycles. The van der Waals surface area contributed by atoms with E-state index in [4.69, 9.17) is 37.9 Å². The Morgan fingerprint density at radius 1 is 0.577 bits per heavy atom. The van der Waals surface area contributed by atoms with Gasteiger partial charge in [0.25, 0.3) is 0 Å². The van der Waals surface area contributed by atoms with Gasteiger partial charge in [0.2, 0.25) is 0 Å². The summed E-state index contributed by atoms with van der Waals surface area (Å²) in [5.74, 6) is 2.75. The van der Waals surface area contributed by atoms with Gasteiger partial charge in [-0.05, 0) is 0 Å². The molecule has 20 heteroatoms. The van der Waals surface area contributed by atoms with Crippen molar-refractivity contribution in [2.45, 2.75) is 52.1 Å². The molecule has 2 heterocycles. The van der Waals surface area contributed by atoms with Crippen LogP contribution in [0.5, 0.6) is 0 Å². The van der Waals surface area contributed by atoms with E-state index >= 15 is 0 Å². The smallest absolute Gasteiger partial charge is 0.302 e. The van der Waals surface area contributed by atoms with E-state index in [0.29, 0.717) is 77.6 Å². The second-order valence-corrected chi connectivity index (χ2v) is 13.7. The van der Waals surface area contributed by atoms with Crippen molar-refractivity contribution in [1.82, 2.24) is 0 Å². The SMILES string of the molecule is CC(=O)OCC(O)CSCCOCCOCCSCC(O)COC(C)=O.CC(=O)OCC1CO1.CC(=O)OCC1CO1.SCCOCCOCCS. The van der Waals surface area contributed by atoms with Gasteiger partial charge < -0.3 is 57.6 Å². The molecule has 0 radical (unpaired) electrons. The highest BCUT2D eigenvalue weighted by Crippen LogP contribution is 2.09. The lowest BCUT2D eigenvalue weighted by Gasteiger charge is -2.11. The van der Waals surface area contributed by atoms with Crippen LogP contribution in [0.15, 0.2) is 0 Å². The van der Waals surface area contributed by atoms with E-state index in [-0.39, 0.29) is 37.4 Å². The van der Waals surface area contributed by atoms with Crippen molar-refractivity contribution in [1.29, 1.82) is 0 Å². The summed E-state index contributed by atoms with van der Waals surface area (Å²) in [6.07, 6.45) is -0.924. The molecule has 16 nitrogen and oxygen atoms in total. The van der Waals surface area contributed by atoms with Gasteiger partial charge >= 0.3 is 23.9 Å². The van der Waals surface area contributed by atoms with Crippen molar-refractivity contribution in [3.63, 3.8) is 0 Å². The average molecular weight is 829 g/mol. The lowest BCUT2D eigenvalue weighted by molar-refractivity contribution is -0.144. The van der Waals surface area contributed by atoms with Crippen molar-refractivity contribution in [2.24, 2.45) is 0 Å². The van der Waals surface area contributed by atoms with E-state index in [0.717, 1.165) is 36.2 Å². The summed E-state index contributed by atoms with van der Waals surface area (Å²) in [4.78, 5) is 41.4. The predicted molar refractivity (Wildman–Crippen MR) is 204 cm³/mol. The zero-order valence-corrected chi connectivity index (χ0v) is 34.2. The van der Waals surface area contributed by atoms with Crippen LogP contribution in [-0.4, -0.2) is 186 Å². The van der Waals surface area contributed by atoms with E-state index < -0.39 is 24.1 Å². The number of epoxide rings is 2. The minimum absolute atomic E-state index is 0.0236. The molecule has 4 unspecified atom stereocenters. The van der Waals surface area contributed by atoms with Crippen LogP contribution in [0.2, 0.25) is 0 Å². The van der Waals surface area contributed by atoms with Gasteiger partial charge in [0.1, 0.15) is 38.6 Å². The lowest BCUT2D eigenvalue weighted by atomic mass is 10.4. The minimum Gasteiger partial charge on any atom is -0.463 e. The third-order valence-electron chi connectivity index (χ3n) is 5.29. The van der Waals surface area contributed by atoms with Gasteiger partial charge in [0, 0.05) is 62.2 Å². The van der Waals surface area contributed by atoms with Crippen molar-refractivity contribution in [3.05, 3.63) is 0 Å². The zero-order chi connectivity index (χ0) is 39.2. The van der Waals surface area contributed by atoms with Gasteiger partial charge in [-0.3, -0.25) is 19.2 Å². The Hall–Kier alpha value is -1.04. The van der Waals surface area contributed by atoms with Crippen molar-refractivity contribution in [2.75, 3.05) is 127 Å². The maximum Gasteiger partial charge on any atom is 0.302 e. The standard InChI is InChI=1S/C16H30O8S2.C6H14O2S2.2C5H8O3/c1-13(17)23-9-15(19)11-25-7-5-21-3-4-22-6-8-26-12-16(20)10-24-14(2)18;9-5-3-7-1-2-8-4-6-10;2*1-4(6)7-2-5-3-8-5/h15-16,19-20H,3-12H2,1-2H3;9-10H,1-6H2;2*5H,2-3H2,1H3. The fourth-order valence-corrected chi connectivity index (χ4v) is 4.52. The largest absolute Gasteiger partial charge is 0.463 e. The summed E-state index contributed by atoms with van der Waals surface area (Å²) in [7, 11) is 0. The number of ether oxygens (including phenoxy) is 10. The van der Waals surface area contributed by atoms with Crippen molar-refractivity contribution < 1.29 is 76.8 Å². The molecule has 4 atom stereocenters. The van der Waals surface area contributed by atoms with E-state index in [9.17, 15) is 29.4 Å². The number of aliphatic hydroxyl groups is 2. The molecule has 52 heavy (non-hydrogen) atoms.